The number of carbonyl (C=O) groups excluding carboxylic acids is 1. The lowest BCUT2D eigenvalue weighted by molar-refractivity contribution is 0.0322. The first-order valence-electron chi connectivity index (χ1n) is 11.4. The van der Waals surface area contributed by atoms with Gasteiger partial charge >= 0.3 is 0 Å². The van der Waals surface area contributed by atoms with Crippen molar-refractivity contribution in [3.8, 4) is 11.4 Å². The van der Waals surface area contributed by atoms with Crippen LogP contribution < -0.4 is 10.1 Å². The Bertz CT molecular complexity index is 1250. The largest absolute Gasteiger partial charge is 0.492 e. The van der Waals surface area contributed by atoms with E-state index in [1.165, 1.54) is 0 Å². The predicted molar refractivity (Wildman–Crippen MR) is 129 cm³/mol. The molecular formula is C26H27N5O3. The Morgan fingerprint density at radius 3 is 2.85 bits per heavy atom. The highest BCUT2D eigenvalue weighted by molar-refractivity contribution is 5.97. The zero-order chi connectivity index (χ0) is 23.2. The number of hydrogen-bond acceptors (Lipinski definition) is 6. The Morgan fingerprint density at radius 1 is 1.09 bits per heavy atom. The molecule has 0 atom stereocenters. The van der Waals surface area contributed by atoms with Crippen LogP contribution in [0.3, 0.4) is 0 Å². The van der Waals surface area contributed by atoms with Crippen LogP contribution in [0.4, 0.5) is 0 Å². The van der Waals surface area contributed by atoms with Crippen molar-refractivity contribution in [1.82, 2.24) is 24.8 Å². The molecule has 1 aliphatic heterocycles. The maximum atomic E-state index is 12.6. The Hall–Kier alpha value is -3.75. The van der Waals surface area contributed by atoms with E-state index in [1.54, 1.807) is 18.7 Å². The number of pyridine rings is 1. The fourth-order valence-electron chi connectivity index (χ4n) is 3.99. The number of aromatic nitrogens is 3. The minimum Gasteiger partial charge on any atom is -0.492 e. The molecular weight excluding hydrogens is 430 g/mol. The van der Waals surface area contributed by atoms with E-state index in [1.807, 2.05) is 59.2 Å². The van der Waals surface area contributed by atoms with Crippen LogP contribution in [0.1, 0.15) is 15.9 Å². The summed E-state index contributed by atoms with van der Waals surface area (Å²) in [5.74, 6) is 0.676. The molecule has 1 fully saturated rings. The molecule has 1 N–H and O–H groups in total. The number of hydrogen-bond donors (Lipinski definition) is 1. The Balaban J connectivity index is 1.25. The second-order valence-corrected chi connectivity index (χ2v) is 8.16. The SMILES string of the molecule is O=C(NCc1cccnc1)c1ccc2c(c1)ncn2-c1cccc(OCCN2CCOCC2)c1. The third-order valence-corrected chi connectivity index (χ3v) is 5.86. The molecule has 8 nitrogen and oxygen atoms in total. The van der Waals surface area contributed by atoms with Crippen molar-refractivity contribution in [3.05, 3.63) is 84.4 Å². The molecule has 1 aliphatic rings. The van der Waals surface area contributed by atoms with Gasteiger partial charge in [-0.05, 0) is 42.0 Å². The molecule has 0 bridgehead atoms. The number of morpholine rings is 1. The topological polar surface area (TPSA) is 81.5 Å². The molecule has 8 heteroatoms. The molecule has 3 heterocycles. The molecule has 0 radical (unpaired) electrons. The van der Waals surface area contributed by atoms with Crippen molar-refractivity contribution in [3.63, 3.8) is 0 Å². The number of nitrogens with one attached hydrogen (secondary N) is 1. The average molecular weight is 458 g/mol. The molecule has 4 aromatic rings. The molecule has 0 spiro atoms. The van der Waals surface area contributed by atoms with Crippen LogP contribution >= 0.6 is 0 Å². The van der Waals surface area contributed by atoms with E-state index in [9.17, 15) is 4.79 Å². The van der Waals surface area contributed by atoms with Crippen LogP contribution in [0, 0.1) is 0 Å². The first kappa shape index (κ1) is 22.1. The summed E-state index contributed by atoms with van der Waals surface area (Å²) in [5, 5.41) is 2.93. The van der Waals surface area contributed by atoms with Gasteiger partial charge in [-0.3, -0.25) is 19.2 Å². The Labute approximate surface area is 198 Å². The van der Waals surface area contributed by atoms with Gasteiger partial charge in [-0.15, -0.1) is 0 Å². The van der Waals surface area contributed by atoms with Gasteiger partial charge in [0, 0.05) is 50.2 Å². The minimum absolute atomic E-state index is 0.143. The van der Waals surface area contributed by atoms with Gasteiger partial charge in [-0.25, -0.2) is 4.98 Å². The minimum atomic E-state index is -0.143. The summed E-state index contributed by atoms with van der Waals surface area (Å²) >= 11 is 0. The molecule has 2 aromatic heterocycles. The number of benzene rings is 2. The first-order valence-corrected chi connectivity index (χ1v) is 11.4. The van der Waals surface area contributed by atoms with Gasteiger partial charge in [0.2, 0.25) is 0 Å². The van der Waals surface area contributed by atoms with Crippen molar-refractivity contribution >= 4 is 16.9 Å². The van der Waals surface area contributed by atoms with Crippen LogP contribution in [0.5, 0.6) is 5.75 Å². The van der Waals surface area contributed by atoms with E-state index in [2.05, 4.69) is 20.2 Å². The summed E-state index contributed by atoms with van der Waals surface area (Å²) in [5.41, 5.74) is 4.16. The third kappa shape index (κ3) is 5.24. The number of fused-ring (bicyclic) bond motifs is 1. The maximum absolute atomic E-state index is 12.6. The van der Waals surface area contributed by atoms with Gasteiger partial charge in [0.05, 0.1) is 29.9 Å². The van der Waals surface area contributed by atoms with Crippen molar-refractivity contribution in [2.45, 2.75) is 6.54 Å². The number of rotatable bonds is 8. The van der Waals surface area contributed by atoms with Crippen molar-refractivity contribution in [1.29, 1.82) is 0 Å². The summed E-state index contributed by atoms with van der Waals surface area (Å²) in [7, 11) is 0. The van der Waals surface area contributed by atoms with E-state index in [-0.39, 0.29) is 5.91 Å². The van der Waals surface area contributed by atoms with Gasteiger partial charge in [-0.2, -0.15) is 0 Å². The number of carbonyl (C=O) groups is 1. The van der Waals surface area contributed by atoms with Crippen LogP contribution in [0.25, 0.3) is 16.7 Å². The van der Waals surface area contributed by atoms with Gasteiger partial charge in [0.25, 0.3) is 5.91 Å². The van der Waals surface area contributed by atoms with E-state index in [0.717, 1.165) is 60.9 Å². The van der Waals surface area contributed by atoms with Crippen LogP contribution in [0.2, 0.25) is 0 Å². The average Bonchev–Trinajstić information content (AvgIpc) is 3.32. The first-order chi connectivity index (χ1) is 16.8. The summed E-state index contributed by atoms with van der Waals surface area (Å²) in [4.78, 5) is 23.5. The second-order valence-electron chi connectivity index (χ2n) is 8.16. The van der Waals surface area contributed by atoms with E-state index in [4.69, 9.17) is 9.47 Å². The number of imidazole rings is 1. The lowest BCUT2D eigenvalue weighted by atomic mass is 10.1. The smallest absolute Gasteiger partial charge is 0.251 e. The monoisotopic (exact) mass is 457 g/mol. The van der Waals surface area contributed by atoms with Crippen molar-refractivity contribution in [2.24, 2.45) is 0 Å². The maximum Gasteiger partial charge on any atom is 0.251 e. The highest BCUT2D eigenvalue weighted by atomic mass is 16.5. The summed E-state index contributed by atoms with van der Waals surface area (Å²) < 4.78 is 13.4. The zero-order valence-corrected chi connectivity index (χ0v) is 18.9. The fraction of sp³-hybridized carbons (Fsp3) is 0.269. The summed E-state index contributed by atoms with van der Waals surface area (Å²) in [6, 6.07) is 17.3. The normalized spacial score (nSPS) is 14.2. The molecule has 0 aliphatic carbocycles. The number of amides is 1. The molecule has 0 unspecified atom stereocenters. The number of ether oxygens (including phenoxy) is 2. The molecule has 174 valence electrons. The standard InChI is InChI=1S/C26H27N5O3/c32-26(28-18-20-3-2-8-27-17-20)21-6-7-25-24(15-21)29-19-31(25)22-4-1-5-23(16-22)34-14-11-30-9-12-33-13-10-30/h1-8,15-17,19H,9-14,18H2,(H,28,32). The van der Waals surface area contributed by atoms with Crippen LogP contribution in [-0.4, -0.2) is 64.8 Å². The van der Waals surface area contributed by atoms with Gasteiger partial charge in [0.1, 0.15) is 18.7 Å². The van der Waals surface area contributed by atoms with Crippen molar-refractivity contribution in [2.75, 3.05) is 39.5 Å². The lowest BCUT2D eigenvalue weighted by Crippen LogP contribution is -2.38. The van der Waals surface area contributed by atoms with E-state index < -0.39 is 0 Å². The zero-order valence-electron chi connectivity index (χ0n) is 18.9. The van der Waals surface area contributed by atoms with E-state index in [0.29, 0.717) is 18.7 Å². The highest BCUT2D eigenvalue weighted by Gasteiger charge is 2.12. The predicted octanol–water partition coefficient (Wildman–Crippen LogP) is 3.06. The Kier molecular flexibility index (Phi) is 6.78. The molecule has 5 rings (SSSR count). The van der Waals surface area contributed by atoms with Crippen LogP contribution in [-0.2, 0) is 11.3 Å². The quantitative estimate of drug-likeness (QED) is 0.438. The summed E-state index contributed by atoms with van der Waals surface area (Å²) in [6.45, 7) is 5.42. The van der Waals surface area contributed by atoms with Crippen LogP contribution in [0.15, 0.2) is 73.3 Å². The summed E-state index contributed by atoms with van der Waals surface area (Å²) in [6.07, 6.45) is 5.23. The van der Waals surface area contributed by atoms with Gasteiger partial charge < -0.3 is 14.8 Å². The molecule has 1 saturated heterocycles. The third-order valence-electron chi connectivity index (χ3n) is 5.86. The highest BCUT2D eigenvalue weighted by Crippen LogP contribution is 2.23. The molecule has 34 heavy (non-hydrogen) atoms. The Morgan fingerprint density at radius 2 is 2.00 bits per heavy atom. The molecule has 1 amide bonds. The fourth-order valence-corrected chi connectivity index (χ4v) is 3.99. The second kappa shape index (κ2) is 10.5. The van der Waals surface area contributed by atoms with Gasteiger partial charge in [0.15, 0.2) is 0 Å². The molecule has 2 aromatic carbocycles. The van der Waals surface area contributed by atoms with Crippen molar-refractivity contribution < 1.29 is 14.3 Å². The van der Waals surface area contributed by atoms with Gasteiger partial charge in [-0.1, -0.05) is 12.1 Å². The number of nitrogens with zero attached hydrogens (tertiary/aromatic N) is 4. The van der Waals surface area contributed by atoms with E-state index >= 15 is 0 Å². The lowest BCUT2D eigenvalue weighted by Gasteiger charge is -2.26. The molecule has 0 saturated carbocycles.